The van der Waals surface area contributed by atoms with Crippen molar-refractivity contribution in [2.24, 2.45) is 0 Å². The molecule has 1 atom stereocenters. The van der Waals surface area contributed by atoms with Crippen LogP contribution in [0.5, 0.6) is 5.75 Å². The number of nitrogens with one attached hydrogen (secondary N) is 1. The van der Waals surface area contributed by atoms with E-state index in [-0.39, 0.29) is 12.5 Å². The minimum atomic E-state index is -4.69. The van der Waals surface area contributed by atoms with E-state index in [2.05, 4.69) is 15.0 Å². The number of hydrogen-bond acceptors (Lipinski definition) is 3. The number of alkyl halides is 4. The number of benzene rings is 2. The Morgan fingerprint density at radius 3 is 2.34 bits per heavy atom. The quantitative estimate of drug-likeness (QED) is 0.307. The van der Waals surface area contributed by atoms with Crippen molar-refractivity contribution < 1.29 is 27.1 Å². The molecule has 1 saturated heterocycles. The maximum absolute atomic E-state index is 13.8. The van der Waals surface area contributed by atoms with Gasteiger partial charge in [-0.05, 0) is 48.2 Å². The van der Waals surface area contributed by atoms with E-state index < -0.39 is 23.8 Å². The Morgan fingerprint density at radius 1 is 1.00 bits per heavy atom. The van der Waals surface area contributed by atoms with E-state index in [4.69, 9.17) is 11.6 Å². The molecule has 38 heavy (non-hydrogen) atoms. The van der Waals surface area contributed by atoms with Gasteiger partial charge in [-0.25, -0.2) is 4.79 Å². The van der Waals surface area contributed by atoms with Crippen LogP contribution in [0, 0.1) is 0 Å². The van der Waals surface area contributed by atoms with Crippen molar-refractivity contribution in [1.82, 2.24) is 15.2 Å². The first-order valence-electron chi connectivity index (χ1n) is 12.4. The van der Waals surface area contributed by atoms with Gasteiger partial charge in [0.25, 0.3) is 0 Å². The topological polar surface area (TPSA) is 54.5 Å². The van der Waals surface area contributed by atoms with E-state index in [1.54, 1.807) is 23.1 Å². The van der Waals surface area contributed by atoms with Crippen molar-refractivity contribution in [1.29, 1.82) is 0 Å². The number of amides is 2. The van der Waals surface area contributed by atoms with E-state index in [1.807, 2.05) is 30.3 Å². The van der Waals surface area contributed by atoms with Gasteiger partial charge in [0.1, 0.15) is 11.3 Å². The predicted molar refractivity (Wildman–Crippen MR) is 137 cm³/mol. The molecular weight excluding hydrogens is 522 g/mol. The number of rotatable bonds is 8. The molecule has 10 heteroatoms. The smallest absolute Gasteiger partial charge is 0.428 e. The van der Waals surface area contributed by atoms with Crippen LogP contribution in [0.3, 0.4) is 0 Å². The molecule has 1 aliphatic heterocycles. The molecule has 1 aliphatic rings. The van der Waals surface area contributed by atoms with Crippen LogP contribution in [-0.2, 0) is 12.0 Å². The first-order valence-corrected chi connectivity index (χ1v) is 12.8. The van der Waals surface area contributed by atoms with Gasteiger partial charge in [-0.3, -0.25) is 4.98 Å². The second-order valence-electron chi connectivity index (χ2n) is 9.25. The van der Waals surface area contributed by atoms with Gasteiger partial charge >= 0.3 is 18.6 Å². The summed E-state index contributed by atoms with van der Waals surface area (Å²) in [5.74, 6) is -0.469. The fraction of sp³-hybridized carbons (Fsp3) is 0.357. The lowest BCUT2D eigenvalue weighted by atomic mass is 9.80. The molecule has 202 valence electrons. The molecule has 4 rings (SSSR count). The number of halogens is 5. The molecule has 2 heterocycles. The highest BCUT2D eigenvalue weighted by Gasteiger charge is 2.45. The van der Waals surface area contributed by atoms with Crippen LogP contribution in [0.15, 0.2) is 72.9 Å². The molecule has 0 bridgehead atoms. The van der Waals surface area contributed by atoms with Crippen molar-refractivity contribution in [3.8, 4) is 5.75 Å². The highest BCUT2D eigenvalue weighted by molar-refractivity contribution is 6.30. The number of likely N-dealkylation sites (tertiary alicyclic amines) is 1. The standard InChI is InChI=1S/C28H28ClF4N3O2/c29-22-13-14-24(34-19-22)27(18-20-9-4-3-5-10-20,35-26(37)36-15-6-1-2-7-16-36)21-11-8-12-23(17-21)38-28(32,33)25(30)31/h3-5,8-14,17,19,25H,1-2,6-7,15-16,18H2,(H,35,37)/t27-/m1/s1. The second-order valence-corrected chi connectivity index (χ2v) is 9.69. The van der Waals surface area contributed by atoms with Crippen LogP contribution < -0.4 is 10.1 Å². The van der Waals surface area contributed by atoms with Crippen molar-refractivity contribution in [2.45, 2.75) is 50.2 Å². The fourth-order valence-corrected chi connectivity index (χ4v) is 4.73. The zero-order valence-electron chi connectivity index (χ0n) is 20.6. The van der Waals surface area contributed by atoms with Crippen LogP contribution in [0.4, 0.5) is 22.4 Å². The monoisotopic (exact) mass is 549 g/mol. The normalized spacial score (nSPS) is 16.0. The first-order chi connectivity index (χ1) is 18.2. The van der Waals surface area contributed by atoms with Crippen molar-refractivity contribution in [3.63, 3.8) is 0 Å². The Bertz CT molecular complexity index is 1210. The average Bonchev–Trinajstić information content (AvgIpc) is 3.19. The maximum atomic E-state index is 13.8. The Labute approximate surface area is 223 Å². The van der Waals surface area contributed by atoms with E-state index in [0.29, 0.717) is 29.4 Å². The third kappa shape index (κ3) is 6.56. The molecule has 1 N–H and O–H groups in total. The number of carbonyl (C=O) groups excluding carboxylic acids is 1. The summed E-state index contributed by atoms with van der Waals surface area (Å²) in [5, 5.41) is 3.50. The first kappa shape index (κ1) is 27.7. The molecule has 0 unspecified atom stereocenters. The third-order valence-electron chi connectivity index (χ3n) is 6.53. The summed E-state index contributed by atoms with van der Waals surface area (Å²) in [6, 6.07) is 17.6. The molecular formula is C28H28ClF4N3O2. The van der Waals surface area contributed by atoms with Crippen molar-refractivity contribution in [3.05, 3.63) is 94.8 Å². The fourth-order valence-electron chi connectivity index (χ4n) is 4.61. The number of aromatic nitrogens is 1. The highest BCUT2D eigenvalue weighted by Crippen LogP contribution is 2.37. The van der Waals surface area contributed by atoms with E-state index in [0.717, 1.165) is 31.2 Å². The molecule has 1 fully saturated rings. The zero-order valence-corrected chi connectivity index (χ0v) is 21.3. The van der Waals surface area contributed by atoms with E-state index in [1.165, 1.54) is 24.4 Å². The largest absolute Gasteiger partial charge is 0.461 e. The summed E-state index contributed by atoms with van der Waals surface area (Å²) in [5.41, 5.74) is 0.188. The van der Waals surface area contributed by atoms with Gasteiger partial charge in [-0.1, -0.05) is 66.9 Å². The molecule has 0 spiro atoms. The van der Waals surface area contributed by atoms with Crippen molar-refractivity contribution in [2.75, 3.05) is 13.1 Å². The van der Waals surface area contributed by atoms with Crippen LogP contribution in [0.1, 0.15) is 42.5 Å². The zero-order chi connectivity index (χ0) is 27.2. The molecule has 2 aromatic carbocycles. The Balaban J connectivity index is 1.84. The molecule has 3 aromatic rings. The minimum absolute atomic E-state index is 0.191. The molecule has 2 amide bonds. The van der Waals surface area contributed by atoms with Gasteiger partial charge in [0.15, 0.2) is 0 Å². The lowest BCUT2D eigenvalue weighted by Crippen LogP contribution is -2.54. The highest BCUT2D eigenvalue weighted by atomic mass is 35.5. The number of urea groups is 1. The second kappa shape index (κ2) is 12.0. The molecule has 0 saturated carbocycles. The summed E-state index contributed by atoms with van der Waals surface area (Å²) in [4.78, 5) is 19.9. The van der Waals surface area contributed by atoms with Crippen LogP contribution in [0.25, 0.3) is 0 Å². The van der Waals surface area contributed by atoms with Crippen LogP contribution in [0.2, 0.25) is 5.02 Å². The number of pyridine rings is 1. The van der Waals surface area contributed by atoms with Gasteiger partial charge < -0.3 is 15.0 Å². The van der Waals surface area contributed by atoms with Crippen LogP contribution in [-0.4, -0.2) is 41.5 Å². The predicted octanol–water partition coefficient (Wildman–Crippen LogP) is 7.04. The summed E-state index contributed by atoms with van der Waals surface area (Å²) in [6.07, 6.45) is -3.30. The molecule has 5 nitrogen and oxygen atoms in total. The summed E-state index contributed by atoms with van der Waals surface area (Å²) < 4.78 is 57.7. The van der Waals surface area contributed by atoms with Crippen molar-refractivity contribution >= 4 is 17.6 Å². The van der Waals surface area contributed by atoms with Gasteiger partial charge in [-0.2, -0.15) is 17.6 Å². The van der Waals surface area contributed by atoms with Crippen LogP contribution >= 0.6 is 11.6 Å². The number of nitrogens with zero attached hydrogens (tertiary/aromatic N) is 2. The van der Waals surface area contributed by atoms with E-state index >= 15 is 0 Å². The number of carbonyl (C=O) groups is 1. The molecule has 1 aromatic heterocycles. The number of hydrogen-bond donors (Lipinski definition) is 1. The Hall–Kier alpha value is -3.33. The third-order valence-corrected chi connectivity index (χ3v) is 6.75. The average molecular weight is 550 g/mol. The Morgan fingerprint density at radius 2 is 1.71 bits per heavy atom. The van der Waals surface area contributed by atoms with Gasteiger partial charge in [-0.15, -0.1) is 0 Å². The lowest BCUT2D eigenvalue weighted by Gasteiger charge is -2.37. The van der Waals surface area contributed by atoms with E-state index in [9.17, 15) is 22.4 Å². The minimum Gasteiger partial charge on any atom is -0.428 e. The summed E-state index contributed by atoms with van der Waals surface area (Å²) >= 11 is 6.11. The Kier molecular flexibility index (Phi) is 8.76. The summed E-state index contributed by atoms with van der Waals surface area (Å²) in [6.45, 7) is 1.15. The van der Waals surface area contributed by atoms with Gasteiger partial charge in [0.2, 0.25) is 0 Å². The molecule has 0 aliphatic carbocycles. The number of ether oxygens (including phenoxy) is 1. The molecule has 0 radical (unpaired) electrons. The van der Waals surface area contributed by atoms with Gasteiger partial charge in [0.05, 0.1) is 10.7 Å². The van der Waals surface area contributed by atoms with Gasteiger partial charge in [0, 0.05) is 25.7 Å². The maximum Gasteiger partial charge on any atom is 0.461 e. The lowest BCUT2D eigenvalue weighted by molar-refractivity contribution is -0.253. The SMILES string of the molecule is O=C(N[C@](Cc1ccccc1)(c1cccc(OC(F)(F)C(F)F)c1)c1ccc(Cl)cn1)N1CCCCCC1. The summed E-state index contributed by atoms with van der Waals surface area (Å²) in [7, 11) is 0.